The number of carbonyl (C=O) groups excluding carboxylic acids is 1. The Labute approximate surface area is 157 Å². The van der Waals surface area contributed by atoms with Gasteiger partial charge in [0, 0.05) is 42.7 Å². The summed E-state index contributed by atoms with van der Waals surface area (Å²) in [5, 5.41) is 2.84. The summed E-state index contributed by atoms with van der Waals surface area (Å²) in [6.45, 7) is 3.29. The van der Waals surface area contributed by atoms with Crippen LogP contribution in [-0.4, -0.2) is 40.1 Å². The molecule has 2 N–H and O–H groups in total. The summed E-state index contributed by atoms with van der Waals surface area (Å²) in [7, 11) is 1.58. The Hall–Kier alpha value is -1.74. The van der Waals surface area contributed by atoms with Gasteiger partial charge >= 0.3 is 0 Å². The van der Waals surface area contributed by atoms with Crippen LogP contribution in [0, 0.1) is 0 Å². The molecule has 1 saturated carbocycles. The van der Waals surface area contributed by atoms with Crippen LogP contribution in [0.2, 0.25) is 0 Å². The molecule has 9 heteroatoms. The molecule has 1 unspecified atom stereocenters. The molecule has 3 heterocycles. The zero-order valence-electron chi connectivity index (χ0n) is 14.5. The first-order valence-electron chi connectivity index (χ1n) is 8.30. The Morgan fingerprint density at radius 2 is 2.00 bits per heavy atom. The third-order valence-electron chi connectivity index (χ3n) is 4.64. The van der Waals surface area contributed by atoms with Gasteiger partial charge in [-0.15, -0.1) is 0 Å². The van der Waals surface area contributed by atoms with E-state index in [-0.39, 0.29) is 23.2 Å². The maximum absolute atomic E-state index is 13.2. The van der Waals surface area contributed by atoms with Crippen LogP contribution in [0.25, 0.3) is 10.9 Å². The Kier molecular flexibility index (Phi) is 4.96. The molecular formula is C17H20BrF2N3O3. The monoisotopic (exact) mass is 431 g/mol. The van der Waals surface area contributed by atoms with Crippen molar-refractivity contribution in [2.45, 2.75) is 37.6 Å². The zero-order valence-corrected chi connectivity index (χ0v) is 16.1. The van der Waals surface area contributed by atoms with Crippen molar-refractivity contribution in [1.29, 1.82) is 0 Å². The lowest BCUT2D eigenvalue weighted by Gasteiger charge is -2.11. The first-order valence-corrected chi connectivity index (χ1v) is 9.10. The Bertz CT molecular complexity index is 897. The highest BCUT2D eigenvalue weighted by Gasteiger charge is 2.69. The largest absolute Gasteiger partial charge is 0.381 e. The van der Waals surface area contributed by atoms with Crippen LogP contribution in [0.5, 0.6) is 0 Å². The standard InChI is InChI=1S/C13H12BrF2N3O2.C4H8O/c1-12(5-13(12,15)16)18-10(20)8-3-6-7(14)4-19(2)11(21)9(6)17-8;1-2-4-5-3-1/h3-4,17H,5H2,1-2H3,(H,18,20);1-4H2. The van der Waals surface area contributed by atoms with Gasteiger partial charge in [-0.1, -0.05) is 0 Å². The fourth-order valence-corrected chi connectivity index (χ4v) is 3.39. The first-order chi connectivity index (χ1) is 12.1. The van der Waals surface area contributed by atoms with E-state index in [4.69, 9.17) is 4.74 Å². The van der Waals surface area contributed by atoms with Crippen molar-refractivity contribution in [1.82, 2.24) is 14.9 Å². The second-order valence-corrected chi connectivity index (χ2v) is 7.71. The molecular weight excluding hydrogens is 412 g/mol. The predicted molar refractivity (Wildman–Crippen MR) is 96.7 cm³/mol. The molecule has 1 amide bonds. The molecule has 2 aromatic heterocycles. The summed E-state index contributed by atoms with van der Waals surface area (Å²) >= 11 is 3.30. The van der Waals surface area contributed by atoms with Crippen LogP contribution in [0.4, 0.5) is 8.78 Å². The molecule has 6 nitrogen and oxygen atoms in total. The van der Waals surface area contributed by atoms with E-state index < -0.39 is 17.4 Å². The number of ether oxygens (including phenoxy) is 1. The molecule has 2 aliphatic rings. The number of aromatic nitrogens is 2. The van der Waals surface area contributed by atoms with E-state index in [1.54, 1.807) is 13.2 Å². The lowest BCUT2D eigenvalue weighted by Crippen LogP contribution is -2.39. The number of halogens is 3. The number of nitrogens with zero attached hydrogens (tertiary/aromatic N) is 1. The number of aryl methyl sites for hydroxylation is 1. The van der Waals surface area contributed by atoms with Crippen molar-refractivity contribution < 1.29 is 18.3 Å². The predicted octanol–water partition coefficient (Wildman–Crippen LogP) is 2.95. The molecule has 0 aromatic carbocycles. The quantitative estimate of drug-likeness (QED) is 0.767. The number of amides is 1. The van der Waals surface area contributed by atoms with E-state index in [2.05, 4.69) is 26.2 Å². The molecule has 0 radical (unpaired) electrons. The summed E-state index contributed by atoms with van der Waals surface area (Å²) in [5.41, 5.74) is -1.47. The molecule has 2 fully saturated rings. The SMILES string of the molecule is C1CCOC1.Cn1cc(Br)c2cc(C(=O)NC3(C)CC3(F)F)[nH]c2c1=O. The molecule has 1 aliphatic heterocycles. The molecule has 1 atom stereocenters. The number of pyridine rings is 1. The summed E-state index contributed by atoms with van der Waals surface area (Å²) < 4.78 is 33.3. The fraction of sp³-hybridized carbons (Fsp3) is 0.529. The van der Waals surface area contributed by atoms with Gasteiger partial charge in [0.1, 0.15) is 16.7 Å². The van der Waals surface area contributed by atoms with Gasteiger partial charge in [-0.25, -0.2) is 8.78 Å². The molecule has 1 aliphatic carbocycles. The zero-order chi connectivity index (χ0) is 19.1. The van der Waals surface area contributed by atoms with Gasteiger partial charge in [-0.3, -0.25) is 9.59 Å². The molecule has 0 spiro atoms. The molecule has 4 rings (SSSR count). The molecule has 26 heavy (non-hydrogen) atoms. The van der Waals surface area contributed by atoms with Crippen LogP contribution in [-0.2, 0) is 11.8 Å². The van der Waals surface area contributed by atoms with Crippen molar-refractivity contribution in [3.63, 3.8) is 0 Å². The van der Waals surface area contributed by atoms with Crippen molar-refractivity contribution >= 4 is 32.7 Å². The van der Waals surface area contributed by atoms with Crippen LogP contribution in [0.15, 0.2) is 21.5 Å². The van der Waals surface area contributed by atoms with Crippen LogP contribution < -0.4 is 10.9 Å². The minimum absolute atomic E-state index is 0.0814. The van der Waals surface area contributed by atoms with Gasteiger partial charge in [-0.05, 0) is 41.8 Å². The minimum atomic E-state index is -2.88. The highest BCUT2D eigenvalue weighted by atomic mass is 79.9. The lowest BCUT2D eigenvalue weighted by atomic mass is 10.2. The van der Waals surface area contributed by atoms with E-state index in [0.29, 0.717) is 9.86 Å². The number of rotatable bonds is 2. The fourth-order valence-electron chi connectivity index (χ4n) is 2.77. The highest BCUT2D eigenvalue weighted by molar-refractivity contribution is 9.10. The number of nitrogens with one attached hydrogen (secondary N) is 2. The van der Waals surface area contributed by atoms with Crippen LogP contribution in [0.3, 0.4) is 0 Å². The second kappa shape index (κ2) is 6.77. The summed E-state index contributed by atoms with van der Waals surface area (Å²) in [6, 6.07) is 1.47. The Morgan fingerprint density at radius 1 is 1.38 bits per heavy atom. The van der Waals surface area contributed by atoms with E-state index >= 15 is 0 Å². The van der Waals surface area contributed by atoms with E-state index in [1.165, 1.54) is 30.4 Å². The van der Waals surface area contributed by atoms with Gasteiger partial charge in [-0.2, -0.15) is 0 Å². The third kappa shape index (κ3) is 3.55. The Balaban J connectivity index is 0.000000339. The smallest absolute Gasteiger partial charge is 0.274 e. The van der Waals surface area contributed by atoms with Crippen molar-refractivity contribution in [2.24, 2.45) is 7.05 Å². The lowest BCUT2D eigenvalue weighted by molar-refractivity contribution is 0.0709. The van der Waals surface area contributed by atoms with Crippen molar-refractivity contribution in [2.75, 3.05) is 13.2 Å². The summed E-state index contributed by atoms with van der Waals surface area (Å²) in [4.78, 5) is 26.7. The van der Waals surface area contributed by atoms with Crippen LogP contribution in [0.1, 0.15) is 36.7 Å². The third-order valence-corrected chi connectivity index (χ3v) is 5.27. The topological polar surface area (TPSA) is 76.1 Å². The number of alkyl halides is 2. The van der Waals surface area contributed by atoms with Crippen LogP contribution >= 0.6 is 15.9 Å². The van der Waals surface area contributed by atoms with E-state index in [0.717, 1.165) is 13.2 Å². The van der Waals surface area contributed by atoms with Crippen molar-refractivity contribution in [3.05, 3.63) is 32.8 Å². The van der Waals surface area contributed by atoms with Gasteiger partial charge in [0.15, 0.2) is 0 Å². The molecule has 142 valence electrons. The molecule has 2 aromatic rings. The average Bonchev–Trinajstić information content (AvgIpc) is 3.10. The number of hydrogen-bond donors (Lipinski definition) is 2. The number of aromatic amines is 1. The maximum atomic E-state index is 13.2. The van der Waals surface area contributed by atoms with Crippen molar-refractivity contribution in [3.8, 4) is 0 Å². The number of hydrogen-bond acceptors (Lipinski definition) is 3. The van der Waals surface area contributed by atoms with E-state index in [9.17, 15) is 18.4 Å². The van der Waals surface area contributed by atoms with Gasteiger partial charge in [0.2, 0.25) is 0 Å². The normalized spacial score (nSPS) is 23.4. The Morgan fingerprint density at radius 3 is 2.50 bits per heavy atom. The summed E-state index contributed by atoms with van der Waals surface area (Å²) in [5.74, 6) is -3.54. The average molecular weight is 432 g/mol. The van der Waals surface area contributed by atoms with Gasteiger partial charge in [0.05, 0.1) is 0 Å². The van der Waals surface area contributed by atoms with Gasteiger partial charge in [0.25, 0.3) is 17.4 Å². The molecule has 1 saturated heterocycles. The first kappa shape index (κ1) is 19.0. The molecule has 0 bridgehead atoms. The maximum Gasteiger partial charge on any atom is 0.274 e. The highest BCUT2D eigenvalue weighted by Crippen LogP contribution is 2.52. The van der Waals surface area contributed by atoms with Gasteiger partial charge < -0.3 is 19.6 Å². The summed E-state index contributed by atoms with van der Waals surface area (Å²) in [6.07, 6.45) is 3.76. The van der Waals surface area contributed by atoms with E-state index in [1.807, 2.05) is 0 Å². The number of H-pyrrole nitrogens is 1. The minimum Gasteiger partial charge on any atom is -0.381 e. The second-order valence-electron chi connectivity index (χ2n) is 6.85. The number of carbonyl (C=O) groups is 1. The number of fused-ring (bicyclic) bond motifs is 1.